The Labute approximate surface area is 171 Å². The molecule has 6 heteroatoms. The van der Waals surface area contributed by atoms with Crippen molar-refractivity contribution in [3.8, 4) is 5.75 Å². The summed E-state index contributed by atoms with van der Waals surface area (Å²) in [4.78, 5) is 25.9. The molecule has 28 heavy (non-hydrogen) atoms. The maximum absolute atomic E-state index is 13.2. The summed E-state index contributed by atoms with van der Waals surface area (Å²) in [6.07, 6.45) is 3.83. The van der Waals surface area contributed by atoms with E-state index in [2.05, 4.69) is 15.9 Å². The van der Waals surface area contributed by atoms with Gasteiger partial charge in [-0.25, -0.2) is 4.79 Å². The first kappa shape index (κ1) is 19.9. The van der Waals surface area contributed by atoms with Crippen molar-refractivity contribution in [3.05, 3.63) is 80.2 Å². The van der Waals surface area contributed by atoms with Crippen LogP contribution >= 0.6 is 15.9 Å². The Morgan fingerprint density at radius 1 is 1.11 bits per heavy atom. The largest absolute Gasteiger partial charge is 0.497 e. The van der Waals surface area contributed by atoms with Gasteiger partial charge in [-0.05, 0) is 42.8 Å². The van der Waals surface area contributed by atoms with E-state index in [9.17, 15) is 9.59 Å². The van der Waals surface area contributed by atoms with Gasteiger partial charge in [-0.1, -0.05) is 34.1 Å². The minimum atomic E-state index is -0.497. The van der Waals surface area contributed by atoms with E-state index in [-0.39, 0.29) is 5.56 Å². The van der Waals surface area contributed by atoms with Gasteiger partial charge in [-0.3, -0.25) is 9.36 Å². The number of hydrogen-bond donors (Lipinski definition) is 0. The third-order valence-corrected chi connectivity index (χ3v) is 5.03. The fourth-order valence-corrected chi connectivity index (χ4v) is 3.44. The number of allylic oxidation sites excluding steroid dienone is 1. The maximum Gasteiger partial charge on any atom is 0.340 e. The van der Waals surface area contributed by atoms with Gasteiger partial charge in [0.05, 0.1) is 19.8 Å². The molecular formula is C22H20BrNO4. The van der Waals surface area contributed by atoms with E-state index in [0.717, 1.165) is 10.0 Å². The minimum absolute atomic E-state index is 0.199. The molecule has 0 N–H and O–H groups in total. The molecule has 0 bridgehead atoms. The van der Waals surface area contributed by atoms with Crippen LogP contribution < -0.4 is 10.3 Å². The Morgan fingerprint density at radius 2 is 1.82 bits per heavy atom. The lowest BCUT2D eigenvalue weighted by molar-refractivity contribution is 0.0601. The molecule has 0 radical (unpaired) electrons. The number of halogens is 1. The molecular weight excluding hydrogens is 422 g/mol. The lowest BCUT2D eigenvalue weighted by Gasteiger charge is -2.17. The van der Waals surface area contributed by atoms with Gasteiger partial charge in [0, 0.05) is 33.6 Å². The zero-order chi connectivity index (χ0) is 20.3. The first-order valence-electron chi connectivity index (χ1n) is 8.70. The molecule has 0 spiro atoms. The van der Waals surface area contributed by atoms with Crippen molar-refractivity contribution in [2.24, 2.45) is 0 Å². The van der Waals surface area contributed by atoms with Gasteiger partial charge in [0.1, 0.15) is 5.75 Å². The molecule has 0 saturated heterocycles. The predicted octanol–water partition coefficient (Wildman–Crippen LogP) is 4.64. The Balaban J connectivity index is 2.40. The van der Waals surface area contributed by atoms with Crippen LogP contribution in [0.1, 0.15) is 28.5 Å². The molecule has 2 aromatic carbocycles. The van der Waals surface area contributed by atoms with Crippen molar-refractivity contribution in [1.29, 1.82) is 0 Å². The first-order valence-corrected chi connectivity index (χ1v) is 9.50. The molecule has 1 aromatic heterocycles. The lowest BCUT2D eigenvalue weighted by atomic mass is 9.98. The van der Waals surface area contributed by atoms with Crippen LogP contribution in [-0.2, 0) is 11.2 Å². The highest BCUT2D eigenvalue weighted by molar-refractivity contribution is 9.10. The van der Waals surface area contributed by atoms with Crippen LogP contribution in [0.4, 0.5) is 0 Å². The number of fused-ring (bicyclic) bond motifs is 1. The number of hydrogen-bond acceptors (Lipinski definition) is 4. The number of carbonyl (C=O) groups excluding carboxylic acids is 1. The number of aromatic nitrogens is 1. The average Bonchev–Trinajstić information content (AvgIpc) is 2.71. The topological polar surface area (TPSA) is 57.5 Å². The van der Waals surface area contributed by atoms with Crippen LogP contribution in [0, 0.1) is 0 Å². The molecule has 0 fully saturated rings. The minimum Gasteiger partial charge on any atom is -0.497 e. The molecule has 0 saturated carbocycles. The van der Waals surface area contributed by atoms with Crippen LogP contribution in [0.15, 0.2) is 57.8 Å². The number of carbonyl (C=O) groups is 1. The standard InChI is InChI=1S/C22H20BrNO4/c1-4-11-24-19(12-14-5-7-15(23)8-6-14)20(22(26)28-3)18-13-16(27-2)9-10-17(18)21(24)25/h4-11,13H,12H2,1-3H3. The molecule has 0 atom stereocenters. The number of methoxy groups -OCH3 is 2. The van der Waals surface area contributed by atoms with Crippen molar-refractivity contribution in [3.63, 3.8) is 0 Å². The second kappa shape index (κ2) is 8.44. The smallest absolute Gasteiger partial charge is 0.340 e. The normalized spacial score (nSPS) is 11.1. The lowest BCUT2D eigenvalue weighted by Crippen LogP contribution is -2.24. The van der Waals surface area contributed by atoms with Crippen molar-refractivity contribution in [2.45, 2.75) is 13.3 Å². The summed E-state index contributed by atoms with van der Waals surface area (Å²) in [5.41, 5.74) is 1.69. The number of esters is 1. The molecule has 144 valence electrons. The SMILES string of the molecule is CC=Cn1c(Cc2ccc(Br)cc2)c(C(=O)OC)c2cc(OC)ccc2c1=O. The van der Waals surface area contributed by atoms with Gasteiger partial charge in [0.15, 0.2) is 0 Å². The highest BCUT2D eigenvalue weighted by Gasteiger charge is 2.22. The van der Waals surface area contributed by atoms with Crippen LogP contribution in [-0.4, -0.2) is 24.8 Å². The average molecular weight is 442 g/mol. The van der Waals surface area contributed by atoms with Gasteiger partial charge in [-0.15, -0.1) is 0 Å². The van der Waals surface area contributed by atoms with E-state index in [4.69, 9.17) is 9.47 Å². The Morgan fingerprint density at radius 3 is 2.43 bits per heavy atom. The Kier molecular flexibility index (Phi) is 5.99. The quantitative estimate of drug-likeness (QED) is 0.541. The zero-order valence-electron chi connectivity index (χ0n) is 15.9. The summed E-state index contributed by atoms with van der Waals surface area (Å²) in [5, 5.41) is 0.947. The Hall–Kier alpha value is -2.86. The van der Waals surface area contributed by atoms with Gasteiger partial charge in [-0.2, -0.15) is 0 Å². The van der Waals surface area contributed by atoms with Gasteiger partial charge in [0.2, 0.25) is 0 Å². The molecule has 5 nitrogen and oxygen atoms in total. The predicted molar refractivity (Wildman–Crippen MR) is 114 cm³/mol. The van der Waals surface area contributed by atoms with E-state index in [1.807, 2.05) is 31.2 Å². The fourth-order valence-electron chi connectivity index (χ4n) is 3.18. The molecule has 3 aromatic rings. The molecule has 0 aliphatic carbocycles. The van der Waals surface area contributed by atoms with Crippen molar-refractivity contribution in [2.75, 3.05) is 14.2 Å². The number of rotatable bonds is 5. The zero-order valence-corrected chi connectivity index (χ0v) is 17.4. The summed E-state index contributed by atoms with van der Waals surface area (Å²) >= 11 is 3.42. The number of pyridine rings is 1. The van der Waals surface area contributed by atoms with Gasteiger partial charge in [0.25, 0.3) is 5.56 Å². The van der Waals surface area contributed by atoms with Crippen LogP contribution in [0.3, 0.4) is 0 Å². The summed E-state index contributed by atoms with van der Waals surface area (Å²) in [5.74, 6) is 0.0686. The van der Waals surface area contributed by atoms with E-state index >= 15 is 0 Å². The van der Waals surface area contributed by atoms with Gasteiger partial charge < -0.3 is 9.47 Å². The summed E-state index contributed by atoms with van der Waals surface area (Å²) < 4.78 is 12.8. The first-order chi connectivity index (χ1) is 13.5. The third kappa shape index (κ3) is 3.73. The molecule has 0 aliphatic rings. The van der Waals surface area contributed by atoms with E-state index in [0.29, 0.717) is 34.2 Å². The fraction of sp³-hybridized carbons (Fsp3) is 0.182. The second-order valence-electron chi connectivity index (χ2n) is 6.19. The van der Waals surface area contributed by atoms with Crippen LogP contribution in [0.5, 0.6) is 5.75 Å². The van der Waals surface area contributed by atoms with Crippen LogP contribution in [0.2, 0.25) is 0 Å². The highest BCUT2D eigenvalue weighted by Crippen LogP contribution is 2.27. The number of ether oxygens (including phenoxy) is 2. The van der Waals surface area contributed by atoms with E-state index < -0.39 is 5.97 Å². The molecule has 0 amide bonds. The van der Waals surface area contributed by atoms with Crippen molar-refractivity contribution < 1.29 is 14.3 Å². The number of benzene rings is 2. The summed E-state index contributed by atoms with van der Waals surface area (Å²) in [6, 6.07) is 12.8. The maximum atomic E-state index is 13.2. The van der Waals surface area contributed by atoms with Crippen molar-refractivity contribution in [1.82, 2.24) is 4.57 Å². The molecule has 0 unspecified atom stereocenters. The van der Waals surface area contributed by atoms with E-state index in [1.54, 1.807) is 37.6 Å². The Bertz CT molecular complexity index is 1110. The number of nitrogens with zero attached hydrogens (tertiary/aromatic N) is 1. The monoisotopic (exact) mass is 441 g/mol. The summed E-state index contributed by atoms with van der Waals surface area (Å²) in [7, 11) is 2.88. The van der Waals surface area contributed by atoms with E-state index in [1.165, 1.54) is 11.7 Å². The molecule has 3 rings (SSSR count). The second-order valence-corrected chi connectivity index (χ2v) is 7.10. The van der Waals surface area contributed by atoms with Crippen LogP contribution in [0.25, 0.3) is 17.0 Å². The summed E-state index contributed by atoms with van der Waals surface area (Å²) in [6.45, 7) is 1.83. The van der Waals surface area contributed by atoms with Crippen molar-refractivity contribution >= 4 is 38.9 Å². The molecule has 1 heterocycles. The molecule has 0 aliphatic heterocycles. The third-order valence-electron chi connectivity index (χ3n) is 4.50. The van der Waals surface area contributed by atoms with Gasteiger partial charge >= 0.3 is 5.97 Å². The highest BCUT2D eigenvalue weighted by atomic mass is 79.9.